The maximum atomic E-state index is 13.0. The van der Waals surface area contributed by atoms with Crippen molar-refractivity contribution < 1.29 is 35.1 Å². The summed E-state index contributed by atoms with van der Waals surface area (Å²) in [5, 5.41) is 17.4. The standard InChI is InChI=1S/C29H26N2O7.CH4.B.H2/c1-15-4-6-18(7-5-15)31-12-21-26(29(33)34)25(16-8-17(13-32)28(36-3)24(9-16)35-2)19-10-22-23(38-14-37-22)11-20(19)27(21)30-31;;;/h4-11,13,21,25-26H,12,14H2,1-3H3,(H,33,34);1H4;;1H/t21-,25+,26-;;;/m0.../s1/i;;;1+1. The van der Waals surface area contributed by atoms with Gasteiger partial charge in [0.25, 0.3) is 0 Å². The molecule has 207 valence electrons. The number of carbonyl (C=O) groups is 2. The van der Waals surface area contributed by atoms with Gasteiger partial charge in [-0.1, -0.05) is 25.1 Å². The number of hydrogen-bond acceptors (Lipinski definition) is 8. The highest BCUT2D eigenvalue weighted by atomic mass is 16.7. The molecule has 1 aliphatic carbocycles. The zero-order valence-corrected chi connectivity index (χ0v) is 21.7. The van der Waals surface area contributed by atoms with Crippen molar-refractivity contribution in [2.45, 2.75) is 20.3 Å². The summed E-state index contributed by atoms with van der Waals surface area (Å²) in [6, 6.07) is 15.1. The number of carboxylic acids is 1. The minimum Gasteiger partial charge on any atom is -0.493 e. The SMILES string of the molecule is C.COc1cc([C@@H]2c3cc4c(cc3C3=NN(c5ccc(C)cc5)C[C@H]3[C@@H]2C(=O)O)OCO4)cc(C=O)c1OC.[2HH].[B]. The zero-order valence-electron chi connectivity index (χ0n) is 21.7. The van der Waals surface area contributed by atoms with Crippen LogP contribution in [0.2, 0.25) is 0 Å². The molecule has 1 N–H and O–H groups in total. The highest BCUT2D eigenvalue weighted by Gasteiger charge is 2.49. The number of fused-ring (bicyclic) bond motifs is 4. The number of nitrogens with zero attached hydrogens (tertiary/aromatic N) is 2. The first-order valence-electron chi connectivity index (χ1n) is 12.2. The third-order valence-corrected chi connectivity index (χ3v) is 7.53. The number of anilines is 1. The smallest absolute Gasteiger partial charge is 0.308 e. The van der Waals surface area contributed by atoms with E-state index in [2.05, 4.69) is 0 Å². The monoisotopic (exact) mass is 544 g/mol. The molecule has 0 fully saturated rings. The fourth-order valence-electron chi connectivity index (χ4n) is 5.78. The lowest BCUT2D eigenvalue weighted by atomic mass is 9.65. The molecule has 2 aliphatic heterocycles. The molecule has 0 saturated heterocycles. The van der Waals surface area contributed by atoms with Crippen molar-refractivity contribution in [2.75, 3.05) is 32.6 Å². The van der Waals surface area contributed by atoms with Crippen LogP contribution in [-0.2, 0) is 4.79 Å². The van der Waals surface area contributed by atoms with Crippen molar-refractivity contribution in [3.63, 3.8) is 0 Å². The van der Waals surface area contributed by atoms with E-state index in [4.69, 9.17) is 24.0 Å². The van der Waals surface area contributed by atoms with Crippen LogP contribution in [0.3, 0.4) is 0 Å². The zero-order chi connectivity index (χ0) is 26.6. The van der Waals surface area contributed by atoms with E-state index in [1.807, 2.05) is 48.3 Å². The summed E-state index contributed by atoms with van der Waals surface area (Å²) in [6.45, 7) is 2.50. The van der Waals surface area contributed by atoms with E-state index in [0.29, 0.717) is 47.1 Å². The first-order chi connectivity index (χ1) is 18.4. The maximum Gasteiger partial charge on any atom is 0.308 e. The number of rotatable bonds is 6. The van der Waals surface area contributed by atoms with Crippen LogP contribution in [0.1, 0.15) is 47.4 Å². The van der Waals surface area contributed by atoms with Crippen molar-refractivity contribution in [1.82, 2.24) is 0 Å². The molecule has 3 aliphatic rings. The Morgan fingerprint density at radius 1 is 1.10 bits per heavy atom. The van der Waals surface area contributed by atoms with E-state index in [1.54, 1.807) is 12.1 Å². The second kappa shape index (κ2) is 11.0. The Morgan fingerprint density at radius 3 is 2.42 bits per heavy atom. The summed E-state index contributed by atoms with van der Waals surface area (Å²) >= 11 is 0. The molecular formula is C30H32BN2O7. The van der Waals surface area contributed by atoms with Gasteiger partial charge in [0.2, 0.25) is 6.79 Å². The minimum absolute atomic E-state index is 0. The number of ether oxygens (including phenoxy) is 4. The third-order valence-electron chi connectivity index (χ3n) is 7.53. The predicted molar refractivity (Wildman–Crippen MR) is 154 cm³/mol. The summed E-state index contributed by atoms with van der Waals surface area (Å²) in [5.41, 5.74) is 5.16. The van der Waals surface area contributed by atoms with Crippen LogP contribution < -0.4 is 24.0 Å². The average molecular weight is 544 g/mol. The van der Waals surface area contributed by atoms with Gasteiger partial charge in [0.05, 0.1) is 43.6 Å². The minimum atomic E-state index is -0.954. The van der Waals surface area contributed by atoms with Gasteiger partial charge < -0.3 is 24.1 Å². The third kappa shape index (κ3) is 4.43. The van der Waals surface area contributed by atoms with Crippen LogP contribution in [-0.4, -0.2) is 59.0 Å². The molecule has 0 spiro atoms. The van der Waals surface area contributed by atoms with Crippen molar-refractivity contribution in [2.24, 2.45) is 16.9 Å². The Bertz CT molecular complexity index is 1500. The molecule has 0 unspecified atom stereocenters. The van der Waals surface area contributed by atoms with Gasteiger partial charge in [-0.05, 0) is 54.4 Å². The topological polar surface area (TPSA) is 107 Å². The van der Waals surface area contributed by atoms with E-state index in [9.17, 15) is 14.7 Å². The van der Waals surface area contributed by atoms with Gasteiger partial charge in [-0.15, -0.1) is 0 Å². The molecule has 0 amide bonds. The van der Waals surface area contributed by atoms with E-state index in [0.717, 1.165) is 22.4 Å². The number of aldehydes is 1. The number of hydrazone groups is 1. The van der Waals surface area contributed by atoms with Crippen LogP contribution in [0.4, 0.5) is 5.69 Å². The van der Waals surface area contributed by atoms with E-state index in [1.165, 1.54) is 14.2 Å². The molecule has 10 heteroatoms. The summed E-state index contributed by atoms with van der Waals surface area (Å²) in [6.07, 6.45) is 0.686. The molecule has 9 nitrogen and oxygen atoms in total. The van der Waals surface area contributed by atoms with E-state index in [-0.39, 0.29) is 29.6 Å². The van der Waals surface area contributed by atoms with Gasteiger partial charge in [0.1, 0.15) is 0 Å². The molecule has 0 saturated carbocycles. The molecule has 40 heavy (non-hydrogen) atoms. The predicted octanol–water partition coefficient (Wildman–Crippen LogP) is 4.74. The number of aliphatic carboxylic acids is 1. The van der Waals surface area contributed by atoms with Crippen LogP contribution in [0.15, 0.2) is 53.6 Å². The molecule has 2 heterocycles. The van der Waals surface area contributed by atoms with E-state index < -0.39 is 23.7 Å². The number of carboxylic acid groups (broad SMARTS) is 1. The van der Waals surface area contributed by atoms with Crippen molar-refractivity contribution >= 4 is 32.1 Å². The molecule has 3 atom stereocenters. The first kappa shape index (κ1) is 28.5. The van der Waals surface area contributed by atoms with Gasteiger partial charge in [0, 0.05) is 27.2 Å². The first-order valence-corrected chi connectivity index (χ1v) is 12.2. The van der Waals surface area contributed by atoms with Crippen molar-refractivity contribution in [3.8, 4) is 23.0 Å². The quantitative estimate of drug-likeness (QED) is 0.350. The van der Waals surface area contributed by atoms with Gasteiger partial charge in [-0.2, -0.15) is 5.10 Å². The second-order valence-electron chi connectivity index (χ2n) is 9.61. The summed E-state index contributed by atoms with van der Waals surface area (Å²) in [7, 11) is 2.95. The fraction of sp³-hybridized carbons (Fsp3) is 0.300. The van der Waals surface area contributed by atoms with Crippen molar-refractivity contribution in [3.05, 3.63) is 76.3 Å². The Hall–Kier alpha value is -4.47. The highest BCUT2D eigenvalue weighted by Crippen LogP contribution is 2.51. The lowest BCUT2D eigenvalue weighted by Gasteiger charge is -2.36. The molecule has 0 bridgehead atoms. The maximum absolute atomic E-state index is 13.0. The number of carbonyl (C=O) groups excluding carboxylic acids is 1. The Balaban J connectivity index is 0.00000154. The number of aryl methyl sites for hydroxylation is 1. The number of hydrogen-bond donors (Lipinski definition) is 1. The van der Waals surface area contributed by atoms with Gasteiger partial charge in [-0.25, -0.2) is 0 Å². The molecule has 3 aromatic rings. The van der Waals surface area contributed by atoms with Crippen LogP contribution in [0, 0.1) is 18.8 Å². The average Bonchev–Trinajstić information content (AvgIpc) is 3.57. The lowest BCUT2D eigenvalue weighted by Crippen LogP contribution is -2.41. The fourth-order valence-corrected chi connectivity index (χ4v) is 5.78. The van der Waals surface area contributed by atoms with Gasteiger partial charge in [0.15, 0.2) is 29.3 Å². The summed E-state index contributed by atoms with van der Waals surface area (Å²) in [4.78, 5) is 25.0. The van der Waals surface area contributed by atoms with Crippen LogP contribution >= 0.6 is 0 Å². The molecule has 6 rings (SSSR count). The summed E-state index contributed by atoms with van der Waals surface area (Å²) < 4.78 is 22.3. The largest absolute Gasteiger partial charge is 0.493 e. The molecule has 3 aromatic carbocycles. The Kier molecular flexibility index (Phi) is 7.82. The lowest BCUT2D eigenvalue weighted by molar-refractivity contribution is -0.143. The number of benzene rings is 3. The van der Waals surface area contributed by atoms with Crippen LogP contribution in [0.25, 0.3) is 0 Å². The highest BCUT2D eigenvalue weighted by molar-refractivity contribution is 6.09. The Labute approximate surface area is 236 Å². The molecule has 3 radical (unpaired) electrons. The molecular weight excluding hydrogens is 511 g/mol. The van der Waals surface area contributed by atoms with Gasteiger partial charge >= 0.3 is 5.97 Å². The van der Waals surface area contributed by atoms with Crippen LogP contribution in [0.5, 0.6) is 23.0 Å². The summed E-state index contributed by atoms with van der Waals surface area (Å²) in [5.74, 6) is -1.07. The molecule has 0 aromatic heterocycles. The normalized spacial score (nSPS) is 19.8. The van der Waals surface area contributed by atoms with Gasteiger partial charge in [-0.3, -0.25) is 14.6 Å². The van der Waals surface area contributed by atoms with E-state index >= 15 is 0 Å². The van der Waals surface area contributed by atoms with Crippen molar-refractivity contribution in [1.29, 1.82) is 0 Å². The number of methoxy groups -OCH3 is 2. The Morgan fingerprint density at radius 2 is 1.80 bits per heavy atom. The second-order valence-corrected chi connectivity index (χ2v) is 9.61.